The van der Waals surface area contributed by atoms with E-state index in [9.17, 15) is 14.0 Å². The maximum atomic E-state index is 13.1. The van der Waals surface area contributed by atoms with E-state index < -0.39 is 0 Å². The first kappa shape index (κ1) is 14.5. The summed E-state index contributed by atoms with van der Waals surface area (Å²) in [6.45, 7) is 4.12. The van der Waals surface area contributed by atoms with E-state index in [2.05, 4.69) is 0 Å². The second-order valence-corrected chi connectivity index (χ2v) is 4.92. The van der Waals surface area contributed by atoms with Gasteiger partial charge in [-0.25, -0.2) is 4.39 Å². The molecule has 0 spiro atoms. The van der Waals surface area contributed by atoms with Crippen LogP contribution in [0.4, 0.5) is 4.39 Å². The summed E-state index contributed by atoms with van der Waals surface area (Å²) in [7, 11) is 0. The molecule has 1 aromatic carbocycles. The van der Waals surface area contributed by atoms with Crippen LogP contribution in [0.1, 0.15) is 18.9 Å². The summed E-state index contributed by atoms with van der Waals surface area (Å²) >= 11 is 0. The van der Waals surface area contributed by atoms with Crippen molar-refractivity contribution < 1.29 is 14.0 Å². The number of piperazine rings is 1. The van der Waals surface area contributed by atoms with E-state index in [-0.39, 0.29) is 24.1 Å². The minimum Gasteiger partial charge on any atom is -0.339 e. The van der Waals surface area contributed by atoms with Gasteiger partial charge in [0.2, 0.25) is 11.8 Å². The van der Waals surface area contributed by atoms with Gasteiger partial charge in [-0.2, -0.15) is 0 Å². The van der Waals surface area contributed by atoms with Crippen molar-refractivity contribution in [3.63, 3.8) is 0 Å². The van der Waals surface area contributed by atoms with Crippen molar-refractivity contribution in [3.8, 4) is 0 Å². The molecule has 1 saturated heterocycles. The predicted octanol–water partition coefficient (Wildman–Crippen LogP) is 1.45. The van der Waals surface area contributed by atoms with Gasteiger partial charge in [0.1, 0.15) is 5.82 Å². The molecule has 1 heterocycles. The quantitative estimate of drug-likeness (QED) is 0.839. The highest BCUT2D eigenvalue weighted by Gasteiger charge is 2.23. The van der Waals surface area contributed by atoms with Crippen molar-refractivity contribution in [3.05, 3.63) is 35.6 Å². The zero-order valence-corrected chi connectivity index (χ0v) is 11.6. The van der Waals surface area contributed by atoms with E-state index >= 15 is 0 Å². The molecule has 1 aromatic rings. The molecule has 1 fully saturated rings. The zero-order valence-electron chi connectivity index (χ0n) is 11.6. The van der Waals surface area contributed by atoms with Crippen molar-refractivity contribution in [2.24, 2.45) is 0 Å². The molecular formula is C15H19FN2O2. The Labute approximate surface area is 118 Å². The van der Waals surface area contributed by atoms with Crippen LogP contribution in [-0.2, 0) is 16.0 Å². The third kappa shape index (κ3) is 3.56. The van der Waals surface area contributed by atoms with Gasteiger partial charge in [-0.05, 0) is 17.7 Å². The molecule has 0 aromatic heterocycles. The summed E-state index contributed by atoms with van der Waals surface area (Å²) in [5.41, 5.74) is 0.682. The summed E-state index contributed by atoms with van der Waals surface area (Å²) in [4.78, 5) is 27.2. The minimum absolute atomic E-state index is 0.0146. The number of nitrogens with zero attached hydrogens (tertiary/aromatic N) is 2. The Bertz CT molecular complexity index is 496. The van der Waals surface area contributed by atoms with Crippen LogP contribution in [0.3, 0.4) is 0 Å². The average molecular weight is 278 g/mol. The van der Waals surface area contributed by atoms with E-state index in [1.54, 1.807) is 21.9 Å². The molecule has 0 atom stereocenters. The zero-order chi connectivity index (χ0) is 14.5. The first-order chi connectivity index (χ1) is 9.60. The van der Waals surface area contributed by atoms with E-state index in [1.165, 1.54) is 12.1 Å². The van der Waals surface area contributed by atoms with Crippen molar-refractivity contribution in [2.45, 2.75) is 19.8 Å². The number of hydrogen-bond donors (Lipinski definition) is 0. The van der Waals surface area contributed by atoms with Gasteiger partial charge in [-0.15, -0.1) is 0 Å². The van der Waals surface area contributed by atoms with Crippen LogP contribution in [0.25, 0.3) is 0 Å². The molecule has 5 heteroatoms. The first-order valence-electron chi connectivity index (χ1n) is 6.90. The van der Waals surface area contributed by atoms with Crippen molar-refractivity contribution in [1.82, 2.24) is 9.80 Å². The molecule has 20 heavy (non-hydrogen) atoms. The second-order valence-electron chi connectivity index (χ2n) is 4.92. The highest BCUT2D eigenvalue weighted by Crippen LogP contribution is 2.09. The van der Waals surface area contributed by atoms with E-state index in [1.807, 2.05) is 6.92 Å². The molecule has 108 valence electrons. The molecule has 0 unspecified atom stereocenters. The van der Waals surface area contributed by atoms with Crippen LogP contribution >= 0.6 is 0 Å². The summed E-state index contributed by atoms with van der Waals surface area (Å²) in [5, 5.41) is 0. The van der Waals surface area contributed by atoms with Gasteiger partial charge in [-0.1, -0.05) is 19.1 Å². The van der Waals surface area contributed by atoms with Gasteiger partial charge in [0.25, 0.3) is 0 Å². The summed E-state index contributed by atoms with van der Waals surface area (Å²) in [6, 6.07) is 6.10. The SMILES string of the molecule is CCC(=O)N1CCN(C(=O)Cc2cccc(F)c2)CC1. The average Bonchev–Trinajstić information content (AvgIpc) is 2.46. The van der Waals surface area contributed by atoms with Gasteiger partial charge >= 0.3 is 0 Å². The molecule has 0 bridgehead atoms. The molecule has 0 saturated carbocycles. The lowest BCUT2D eigenvalue weighted by molar-refractivity contribution is -0.139. The lowest BCUT2D eigenvalue weighted by Crippen LogP contribution is -2.50. The fourth-order valence-corrected chi connectivity index (χ4v) is 2.36. The Morgan fingerprint density at radius 1 is 1.10 bits per heavy atom. The van der Waals surface area contributed by atoms with Crippen molar-refractivity contribution in [1.29, 1.82) is 0 Å². The largest absolute Gasteiger partial charge is 0.339 e. The summed E-state index contributed by atoms with van der Waals surface area (Å²) in [6.07, 6.45) is 0.705. The highest BCUT2D eigenvalue weighted by molar-refractivity contribution is 5.80. The molecule has 4 nitrogen and oxygen atoms in total. The highest BCUT2D eigenvalue weighted by atomic mass is 19.1. The number of halogens is 1. The standard InChI is InChI=1S/C15H19FN2O2/c1-2-14(19)17-6-8-18(9-7-17)15(20)11-12-4-3-5-13(16)10-12/h3-5,10H,2,6-9,11H2,1H3. The van der Waals surface area contributed by atoms with Crippen molar-refractivity contribution >= 4 is 11.8 Å². The van der Waals surface area contributed by atoms with Crippen LogP contribution in [0, 0.1) is 5.82 Å². The summed E-state index contributed by atoms with van der Waals surface area (Å²) < 4.78 is 13.1. The van der Waals surface area contributed by atoms with Crippen molar-refractivity contribution in [2.75, 3.05) is 26.2 Å². The third-order valence-corrected chi connectivity index (χ3v) is 3.53. The molecule has 0 radical (unpaired) electrons. The van der Waals surface area contributed by atoms with E-state index in [0.717, 1.165) is 0 Å². The number of rotatable bonds is 3. The first-order valence-corrected chi connectivity index (χ1v) is 6.90. The Morgan fingerprint density at radius 3 is 2.25 bits per heavy atom. The normalized spacial score (nSPS) is 15.3. The van der Waals surface area contributed by atoms with E-state index in [0.29, 0.717) is 38.2 Å². The maximum Gasteiger partial charge on any atom is 0.227 e. The second kappa shape index (κ2) is 6.50. The minimum atomic E-state index is -0.325. The number of hydrogen-bond acceptors (Lipinski definition) is 2. The molecule has 0 N–H and O–H groups in total. The van der Waals surface area contributed by atoms with Crippen LogP contribution in [0.5, 0.6) is 0 Å². The molecule has 1 aliphatic rings. The molecule has 0 aliphatic carbocycles. The monoisotopic (exact) mass is 278 g/mol. The predicted molar refractivity (Wildman–Crippen MR) is 73.6 cm³/mol. The van der Waals surface area contributed by atoms with Gasteiger partial charge in [0, 0.05) is 32.6 Å². The number of carbonyl (C=O) groups is 2. The van der Waals surface area contributed by atoms with Gasteiger partial charge in [0.15, 0.2) is 0 Å². The molecule has 1 aliphatic heterocycles. The van der Waals surface area contributed by atoms with Crippen LogP contribution in [-0.4, -0.2) is 47.8 Å². The van der Waals surface area contributed by atoms with Gasteiger partial charge in [0.05, 0.1) is 6.42 Å². The topological polar surface area (TPSA) is 40.6 Å². The molecule has 2 rings (SSSR count). The number of benzene rings is 1. The Morgan fingerprint density at radius 2 is 1.70 bits per heavy atom. The maximum absolute atomic E-state index is 13.1. The smallest absolute Gasteiger partial charge is 0.227 e. The van der Waals surface area contributed by atoms with Crippen LogP contribution in [0.15, 0.2) is 24.3 Å². The van der Waals surface area contributed by atoms with Crippen LogP contribution in [0.2, 0.25) is 0 Å². The van der Waals surface area contributed by atoms with Gasteiger partial charge in [-0.3, -0.25) is 9.59 Å². The fourth-order valence-electron chi connectivity index (χ4n) is 2.36. The third-order valence-electron chi connectivity index (χ3n) is 3.53. The fraction of sp³-hybridized carbons (Fsp3) is 0.467. The number of amides is 2. The Hall–Kier alpha value is -1.91. The van der Waals surface area contributed by atoms with Gasteiger partial charge < -0.3 is 9.80 Å². The lowest BCUT2D eigenvalue weighted by atomic mass is 10.1. The molecular weight excluding hydrogens is 259 g/mol. The Kier molecular flexibility index (Phi) is 4.71. The summed E-state index contributed by atoms with van der Waals surface area (Å²) in [5.74, 6) is -0.213. The molecule has 2 amide bonds. The number of carbonyl (C=O) groups excluding carboxylic acids is 2. The Balaban J connectivity index is 1.87. The lowest BCUT2D eigenvalue weighted by Gasteiger charge is -2.34. The van der Waals surface area contributed by atoms with E-state index in [4.69, 9.17) is 0 Å². The van der Waals surface area contributed by atoms with Crippen LogP contribution < -0.4 is 0 Å².